The predicted molar refractivity (Wildman–Crippen MR) is 110 cm³/mol. The van der Waals surface area contributed by atoms with Crippen LogP contribution in [0.3, 0.4) is 0 Å². The lowest BCUT2D eigenvalue weighted by atomic mass is 9.83. The van der Waals surface area contributed by atoms with Gasteiger partial charge in [0, 0.05) is 16.6 Å². The molecule has 148 valence electrons. The first-order valence-corrected chi connectivity index (χ1v) is 10.1. The maximum Gasteiger partial charge on any atom is 0.408 e. The van der Waals surface area contributed by atoms with Gasteiger partial charge in [0.25, 0.3) is 0 Å². The van der Waals surface area contributed by atoms with Crippen LogP contribution in [0.4, 0.5) is 4.79 Å². The second-order valence-corrected chi connectivity index (χ2v) is 8.63. The molecule has 0 spiro atoms. The third-order valence-corrected chi connectivity index (χ3v) is 5.58. The molecule has 1 aromatic heterocycles. The van der Waals surface area contributed by atoms with Crippen LogP contribution in [0, 0.1) is 28.6 Å². The molecule has 2 aromatic rings. The topological polar surface area (TPSA) is 99.0 Å². The van der Waals surface area contributed by atoms with Crippen LogP contribution in [0.15, 0.2) is 57.5 Å². The number of hydrogen-bond acceptors (Lipinski definition) is 6. The molecule has 1 aliphatic heterocycles. The zero-order valence-electron chi connectivity index (χ0n) is 16.4. The SMILES string of the molecule is CC(C)(C)OC(=O)N[C@@H](c1ccco1)[C@@H]1CSc2ccccc2C1=C(C#N)C#N. The fraction of sp³-hybridized carbons (Fsp3) is 0.318. The Kier molecular flexibility index (Phi) is 6.00. The van der Waals surface area contributed by atoms with Crippen molar-refractivity contribution in [3.63, 3.8) is 0 Å². The number of amides is 1. The third-order valence-electron chi connectivity index (χ3n) is 4.38. The number of hydrogen-bond donors (Lipinski definition) is 1. The summed E-state index contributed by atoms with van der Waals surface area (Å²) in [7, 11) is 0. The van der Waals surface area contributed by atoms with Gasteiger partial charge in [-0.3, -0.25) is 0 Å². The van der Waals surface area contributed by atoms with Gasteiger partial charge in [0.2, 0.25) is 0 Å². The number of benzene rings is 1. The standard InChI is InChI=1S/C22H21N3O3S/c1-22(2,3)28-21(26)25-20(17-8-6-10-27-17)16-13-29-18-9-5-4-7-15(18)19(16)14(11-23)12-24/h4-10,16,20H,13H2,1-3H3,(H,25,26)/t16-,20-/m1/s1. The summed E-state index contributed by atoms with van der Waals surface area (Å²) in [6, 6.07) is 14.6. The number of allylic oxidation sites excluding steroid dienone is 1. The van der Waals surface area contributed by atoms with Crippen molar-refractivity contribution in [2.24, 2.45) is 5.92 Å². The molecule has 0 saturated heterocycles. The van der Waals surface area contributed by atoms with Crippen LogP contribution >= 0.6 is 11.8 Å². The first kappa shape index (κ1) is 20.6. The lowest BCUT2D eigenvalue weighted by Crippen LogP contribution is -2.39. The molecule has 2 heterocycles. The summed E-state index contributed by atoms with van der Waals surface area (Å²) in [6.45, 7) is 5.36. The molecule has 1 N–H and O–H groups in total. The number of carbonyl (C=O) groups is 1. The number of alkyl carbamates (subject to hydrolysis) is 1. The third kappa shape index (κ3) is 4.64. The molecule has 6 nitrogen and oxygen atoms in total. The van der Waals surface area contributed by atoms with Crippen molar-refractivity contribution in [3.8, 4) is 12.1 Å². The van der Waals surface area contributed by atoms with Crippen LogP contribution in [0.25, 0.3) is 5.57 Å². The van der Waals surface area contributed by atoms with Crippen LogP contribution in [0.5, 0.6) is 0 Å². The molecule has 0 bridgehead atoms. The minimum absolute atomic E-state index is 0.0327. The Morgan fingerprint density at radius 2 is 1.97 bits per heavy atom. The Morgan fingerprint density at radius 1 is 1.24 bits per heavy atom. The largest absolute Gasteiger partial charge is 0.467 e. The van der Waals surface area contributed by atoms with Gasteiger partial charge in [-0.15, -0.1) is 11.8 Å². The van der Waals surface area contributed by atoms with Crippen LogP contribution in [0.1, 0.15) is 38.1 Å². The van der Waals surface area contributed by atoms with Gasteiger partial charge < -0.3 is 14.5 Å². The van der Waals surface area contributed by atoms with Crippen molar-refractivity contribution in [1.29, 1.82) is 10.5 Å². The maximum absolute atomic E-state index is 12.5. The molecule has 1 amide bonds. The number of thioether (sulfide) groups is 1. The number of rotatable bonds is 3. The summed E-state index contributed by atoms with van der Waals surface area (Å²) in [4.78, 5) is 13.5. The fourth-order valence-electron chi connectivity index (χ4n) is 3.28. The number of furan rings is 1. The second-order valence-electron chi connectivity index (χ2n) is 7.57. The molecule has 0 unspecified atom stereocenters. The van der Waals surface area contributed by atoms with Gasteiger partial charge >= 0.3 is 6.09 Å². The monoisotopic (exact) mass is 407 g/mol. The van der Waals surface area contributed by atoms with Gasteiger partial charge in [-0.1, -0.05) is 18.2 Å². The van der Waals surface area contributed by atoms with Gasteiger partial charge in [0.15, 0.2) is 0 Å². The highest BCUT2D eigenvalue weighted by molar-refractivity contribution is 7.99. The average Bonchev–Trinajstić information content (AvgIpc) is 3.20. The van der Waals surface area contributed by atoms with Crippen molar-refractivity contribution in [2.45, 2.75) is 37.3 Å². The van der Waals surface area contributed by atoms with Gasteiger partial charge in [-0.05, 0) is 50.1 Å². The van der Waals surface area contributed by atoms with E-state index < -0.39 is 17.7 Å². The lowest BCUT2D eigenvalue weighted by Gasteiger charge is -2.33. The highest BCUT2D eigenvalue weighted by atomic mass is 32.2. The molecular weight excluding hydrogens is 386 g/mol. The molecule has 7 heteroatoms. The number of carbonyl (C=O) groups excluding carboxylic acids is 1. The Labute approximate surface area is 174 Å². The van der Waals surface area contributed by atoms with Gasteiger partial charge in [-0.2, -0.15) is 10.5 Å². The maximum atomic E-state index is 12.5. The predicted octanol–water partition coefficient (Wildman–Crippen LogP) is 5.07. The first-order chi connectivity index (χ1) is 13.8. The van der Waals surface area contributed by atoms with Crippen molar-refractivity contribution in [3.05, 3.63) is 59.6 Å². The number of nitrogens with zero attached hydrogens (tertiary/aromatic N) is 2. The lowest BCUT2D eigenvalue weighted by molar-refractivity contribution is 0.0487. The molecule has 0 fully saturated rings. The summed E-state index contributed by atoms with van der Waals surface area (Å²) in [5, 5.41) is 22.1. The van der Waals surface area contributed by atoms with Crippen molar-refractivity contribution >= 4 is 23.4 Å². The minimum atomic E-state index is -0.658. The van der Waals surface area contributed by atoms with E-state index in [4.69, 9.17) is 9.15 Å². The highest BCUT2D eigenvalue weighted by Gasteiger charge is 2.37. The van der Waals surface area contributed by atoms with Gasteiger partial charge in [0.1, 0.15) is 29.1 Å². The quantitative estimate of drug-likeness (QED) is 0.713. The molecular formula is C22H21N3O3S. The van der Waals surface area contributed by atoms with E-state index in [2.05, 4.69) is 5.32 Å². The van der Waals surface area contributed by atoms with E-state index in [0.717, 1.165) is 10.5 Å². The molecule has 0 radical (unpaired) electrons. The van der Waals surface area contributed by atoms with Crippen molar-refractivity contribution in [2.75, 3.05) is 5.75 Å². The molecule has 29 heavy (non-hydrogen) atoms. The summed E-state index contributed by atoms with van der Waals surface area (Å²) in [5.74, 6) is 0.761. The van der Waals surface area contributed by atoms with Crippen LogP contribution < -0.4 is 5.32 Å². The number of ether oxygens (including phenoxy) is 1. The Balaban J connectivity index is 2.07. The molecule has 3 rings (SSSR count). The average molecular weight is 407 g/mol. The van der Waals surface area contributed by atoms with Crippen LogP contribution in [-0.4, -0.2) is 17.4 Å². The Morgan fingerprint density at radius 3 is 2.59 bits per heavy atom. The normalized spacial score (nSPS) is 16.7. The number of nitrogens with one attached hydrogen (secondary N) is 1. The number of nitriles is 2. The smallest absolute Gasteiger partial charge is 0.408 e. The van der Waals surface area contributed by atoms with Crippen LogP contribution in [0.2, 0.25) is 0 Å². The highest BCUT2D eigenvalue weighted by Crippen LogP contribution is 2.46. The molecule has 0 saturated carbocycles. The fourth-order valence-corrected chi connectivity index (χ4v) is 4.51. The summed E-state index contributed by atoms with van der Waals surface area (Å²) >= 11 is 1.62. The van der Waals surface area contributed by atoms with Crippen LogP contribution in [-0.2, 0) is 4.74 Å². The summed E-state index contributed by atoms with van der Waals surface area (Å²) in [6.07, 6.45) is 0.944. The van der Waals surface area contributed by atoms with Gasteiger partial charge in [-0.25, -0.2) is 4.79 Å². The van der Waals surface area contributed by atoms with Crippen molar-refractivity contribution in [1.82, 2.24) is 5.32 Å². The second kappa shape index (κ2) is 8.46. The Bertz CT molecular complexity index is 991. The van der Waals surface area contributed by atoms with E-state index in [9.17, 15) is 15.3 Å². The van der Waals surface area contributed by atoms with E-state index in [-0.39, 0.29) is 11.5 Å². The van der Waals surface area contributed by atoms with E-state index >= 15 is 0 Å². The molecule has 1 aromatic carbocycles. The molecule has 2 atom stereocenters. The minimum Gasteiger partial charge on any atom is -0.467 e. The van der Waals surface area contributed by atoms with E-state index in [1.165, 1.54) is 6.26 Å². The molecule has 0 aliphatic carbocycles. The van der Waals surface area contributed by atoms with E-state index in [1.54, 1.807) is 44.7 Å². The zero-order valence-corrected chi connectivity index (χ0v) is 17.2. The summed E-state index contributed by atoms with van der Waals surface area (Å²) < 4.78 is 11.0. The zero-order chi connectivity index (χ0) is 21.0. The Hall–Kier alpha value is -3.16. The van der Waals surface area contributed by atoms with E-state index in [1.807, 2.05) is 36.4 Å². The first-order valence-electron chi connectivity index (χ1n) is 9.13. The van der Waals surface area contributed by atoms with Gasteiger partial charge in [0.05, 0.1) is 12.3 Å². The van der Waals surface area contributed by atoms with E-state index in [0.29, 0.717) is 17.1 Å². The number of fused-ring (bicyclic) bond motifs is 1. The molecule has 1 aliphatic rings. The van der Waals surface area contributed by atoms with Crippen molar-refractivity contribution < 1.29 is 13.9 Å². The summed E-state index contributed by atoms with van der Waals surface area (Å²) in [5.41, 5.74) is 0.816.